The number of pyridine rings is 1. The average molecular weight is 338 g/mol. The fourth-order valence-corrected chi connectivity index (χ4v) is 2.72. The summed E-state index contributed by atoms with van der Waals surface area (Å²) in [7, 11) is 0. The van der Waals surface area contributed by atoms with Crippen LogP contribution in [-0.4, -0.2) is 23.6 Å². The lowest BCUT2D eigenvalue weighted by atomic mass is 10.1. The predicted octanol–water partition coefficient (Wildman–Crippen LogP) is 3.89. The van der Waals surface area contributed by atoms with Gasteiger partial charge in [0, 0.05) is 41.4 Å². The Morgan fingerprint density at radius 3 is 2.80 bits per heavy atom. The Morgan fingerprint density at radius 1 is 1.40 bits per heavy atom. The maximum atomic E-state index is 4.65. The Labute approximate surface area is 130 Å². The summed E-state index contributed by atoms with van der Waals surface area (Å²) >= 11 is 3.53. The molecule has 0 fully saturated rings. The van der Waals surface area contributed by atoms with Crippen LogP contribution in [0.1, 0.15) is 39.7 Å². The molecule has 0 saturated heterocycles. The zero-order valence-electron chi connectivity index (χ0n) is 12.8. The molecule has 2 rings (SSSR count). The molecule has 0 aliphatic carbocycles. The van der Waals surface area contributed by atoms with Crippen molar-refractivity contribution in [3.8, 4) is 0 Å². The van der Waals surface area contributed by atoms with Crippen LogP contribution in [0.4, 0.5) is 5.82 Å². The molecule has 0 spiro atoms. The van der Waals surface area contributed by atoms with Crippen molar-refractivity contribution in [1.29, 1.82) is 0 Å². The number of aromatic nitrogens is 1. The van der Waals surface area contributed by atoms with Gasteiger partial charge in [-0.1, -0.05) is 11.6 Å². The molecule has 110 valence electrons. The minimum Gasteiger partial charge on any atom is -0.352 e. The standard InChI is InChI=1S/C16H24BrN3/c1-12-6-5-7-20(11-12)15-13(8-14(17)10-18-15)9-19-16(2,3)4/h6,8,10,19H,5,7,9,11H2,1-4H3. The second kappa shape index (κ2) is 6.27. The van der Waals surface area contributed by atoms with Crippen molar-refractivity contribution in [2.24, 2.45) is 0 Å². The third-order valence-electron chi connectivity index (χ3n) is 3.35. The van der Waals surface area contributed by atoms with Gasteiger partial charge in [-0.15, -0.1) is 0 Å². The van der Waals surface area contributed by atoms with Gasteiger partial charge in [-0.3, -0.25) is 0 Å². The highest BCUT2D eigenvalue weighted by Gasteiger charge is 2.17. The third kappa shape index (κ3) is 4.32. The lowest BCUT2D eigenvalue weighted by Crippen LogP contribution is -2.36. The molecule has 4 heteroatoms. The Balaban J connectivity index is 2.21. The van der Waals surface area contributed by atoms with E-state index in [4.69, 9.17) is 0 Å². The second-order valence-corrected chi connectivity index (χ2v) is 7.42. The SMILES string of the molecule is CC1=CCCN(c2ncc(Br)cc2CNC(C)(C)C)C1. The summed E-state index contributed by atoms with van der Waals surface area (Å²) in [5, 5.41) is 3.55. The van der Waals surface area contributed by atoms with Crippen LogP contribution in [0.3, 0.4) is 0 Å². The van der Waals surface area contributed by atoms with E-state index >= 15 is 0 Å². The smallest absolute Gasteiger partial charge is 0.133 e. The summed E-state index contributed by atoms with van der Waals surface area (Å²) in [5.41, 5.74) is 2.79. The van der Waals surface area contributed by atoms with E-state index in [1.165, 1.54) is 11.1 Å². The van der Waals surface area contributed by atoms with Crippen molar-refractivity contribution in [3.63, 3.8) is 0 Å². The summed E-state index contributed by atoms with van der Waals surface area (Å²) in [6.07, 6.45) is 5.32. The van der Waals surface area contributed by atoms with Crippen molar-refractivity contribution in [2.45, 2.75) is 46.2 Å². The van der Waals surface area contributed by atoms with Crippen molar-refractivity contribution < 1.29 is 0 Å². The predicted molar refractivity (Wildman–Crippen MR) is 89.1 cm³/mol. The Hall–Kier alpha value is -0.870. The molecule has 0 atom stereocenters. The minimum absolute atomic E-state index is 0.108. The lowest BCUT2D eigenvalue weighted by Gasteiger charge is -2.30. The first-order valence-corrected chi connectivity index (χ1v) is 7.94. The number of nitrogens with zero attached hydrogens (tertiary/aromatic N) is 2. The van der Waals surface area contributed by atoms with Gasteiger partial charge >= 0.3 is 0 Å². The zero-order chi connectivity index (χ0) is 14.8. The third-order valence-corrected chi connectivity index (χ3v) is 3.78. The van der Waals surface area contributed by atoms with E-state index in [1.54, 1.807) is 0 Å². The molecule has 0 radical (unpaired) electrons. The molecule has 0 aromatic carbocycles. The number of hydrogen-bond acceptors (Lipinski definition) is 3. The normalized spacial score (nSPS) is 16.2. The van der Waals surface area contributed by atoms with Crippen molar-refractivity contribution in [3.05, 3.63) is 33.9 Å². The van der Waals surface area contributed by atoms with Crippen LogP contribution < -0.4 is 10.2 Å². The molecule has 0 bridgehead atoms. The van der Waals surface area contributed by atoms with Crippen LogP contribution in [0.25, 0.3) is 0 Å². The van der Waals surface area contributed by atoms with Crippen molar-refractivity contribution in [2.75, 3.05) is 18.0 Å². The highest BCUT2D eigenvalue weighted by Crippen LogP contribution is 2.25. The lowest BCUT2D eigenvalue weighted by molar-refractivity contribution is 0.424. The number of hydrogen-bond donors (Lipinski definition) is 1. The molecule has 0 amide bonds. The Morgan fingerprint density at radius 2 is 2.15 bits per heavy atom. The quantitative estimate of drug-likeness (QED) is 0.848. The van der Waals surface area contributed by atoms with Crippen LogP contribution in [0.2, 0.25) is 0 Å². The molecular weight excluding hydrogens is 314 g/mol. The number of rotatable bonds is 3. The second-order valence-electron chi connectivity index (χ2n) is 6.50. The largest absolute Gasteiger partial charge is 0.352 e. The first-order valence-electron chi connectivity index (χ1n) is 7.15. The van der Waals surface area contributed by atoms with Crippen LogP contribution in [0.5, 0.6) is 0 Å². The maximum absolute atomic E-state index is 4.65. The molecule has 1 aliphatic heterocycles. The highest BCUT2D eigenvalue weighted by molar-refractivity contribution is 9.10. The van der Waals surface area contributed by atoms with Gasteiger partial charge in [-0.25, -0.2) is 4.98 Å². The number of nitrogens with one attached hydrogen (secondary N) is 1. The molecular formula is C16H24BrN3. The van der Waals surface area contributed by atoms with E-state index in [0.717, 1.165) is 36.3 Å². The van der Waals surface area contributed by atoms with Crippen molar-refractivity contribution in [1.82, 2.24) is 10.3 Å². The van der Waals surface area contributed by atoms with Gasteiger partial charge in [0.05, 0.1) is 0 Å². The van der Waals surface area contributed by atoms with Crippen LogP contribution in [0, 0.1) is 0 Å². The van der Waals surface area contributed by atoms with Gasteiger partial charge < -0.3 is 10.2 Å². The fourth-order valence-electron chi connectivity index (χ4n) is 2.34. The summed E-state index contributed by atoms with van der Waals surface area (Å²) in [5.74, 6) is 1.11. The zero-order valence-corrected chi connectivity index (χ0v) is 14.4. The van der Waals surface area contributed by atoms with Crippen molar-refractivity contribution >= 4 is 21.7 Å². The van der Waals surface area contributed by atoms with Crippen LogP contribution in [0.15, 0.2) is 28.4 Å². The van der Waals surface area contributed by atoms with E-state index < -0.39 is 0 Å². The average Bonchev–Trinajstić information content (AvgIpc) is 2.35. The van der Waals surface area contributed by atoms with E-state index in [9.17, 15) is 0 Å². The highest BCUT2D eigenvalue weighted by atomic mass is 79.9. The fraction of sp³-hybridized carbons (Fsp3) is 0.562. The van der Waals surface area contributed by atoms with E-state index in [-0.39, 0.29) is 5.54 Å². The molecule has 1 aromatic rings. The number of halogens is 1. The van der Waals surface area contributed by atoms with E-state index in [1.807, 2.05) is 6.20 Å². The monoisotopic (exact) mass is 337 g/mol. The van der Waals surface area contributed by atoms with Gasteiger partial charge in [-0.2, -0.15) is 0 Å². The number of anilines is 1. The van der Waals surface area contributed by atoms with Gasteiger partial charge in [0.15, 0.2) is 0 Å². The first-order chi connectivity index (χ1) is 9.35. The molecule has 3 nitrogen and oxygen atoms in total. The molecule has 2 heterocycles. The molecule has 1 aliphatic rings. The first kappa shape index (κ1) is 15.5. The topological polar surface area (TPSA) is 28.2 Å². The Kier molecular flexibility index (Phi) is 4.86. The minimum atomic E-state index is 0.108. The summed E-state index contributed by atoms with van der Waals surface area (Å²) in [4.78, 5) is 7.03. The van der Waals surface area contributed by atoms with Gasteiger partial charge in [0.1, 0.15) is 5.82 Å². The maximum Gasteiger partial charge on any atom is 0.133 e. The molecule has 1 aromatic heterocycles. The molecule has 0 unspecified atom stereocenters. The summed E-state index contributed by atoms with van der Waals surface area (Å²) in [6, 6.07) is 2.18. The van der Waals surface area contributed by atoms with Crippen LogP contribution in [-0.2, 0) is 6.54 Å². The molecule has 0 saturated carbocycles. The Bertz CT molecular complexity index is 503. The van der Waals surface area contributed by atoms with Gasteiger partial charge in [0.25, 0.3) is 0 Å². The van der Waals surface area contributed by atoms with Crippen LogP contribution >= 0.6 is 15.9 Å². The van der Waals surface area contributed by atoms with E-state index in [0.29, 0.717) is 0 Å². The summed E-state index contributed by atoms with van der Waals surface area (Å²) < 4.78 is 1.04. The van der Waals surface area contributed by atoms with E-state index in [2.05, 4.69) is 71.0 Å². The van der Waals surface area contributed by atoms with Gasteiger partial charge in [0.2, 0.25) is 0 Å². The molecule has 1 N–H and O–H groups in total. The van der Waals surface area contributed by atoms with Gasteiger partial charge in [-0.05, 0) is 56.1 Å². The molecule has 20 heavy (non-hydrogen) atoms. The summed E-state index contributed by atoms with van der Waals surface area (Å²) in [6.45, 7) is 11.6.